The first-order valence-corrected chi connectivity index (χ1v) is 6.72. The van der Waals surface area contributed by atoms with Gasteiger partial charge in [-0.2, -0.15) is 0 Å². The van der Waals surface area contributed by atoms with Gasteiger partial charge in [-0.25, -0.2) is 18.7 Å². The van der Waals surface area contributed by atoms with E-state index in [-0.39, 0.29) is 12.1 Å². The van der Waals surface area contributed by atoms with Gasteiger partial charge in [0.15, 0.2) is 0 Å². The minimum atomic E-state index is -1.04. The van der Waals surface area contributed by atoms with Crippen molar-refractivity contribution < 1.29 is 13.9 Å². The number of hydrogen-bond acceptors (Lipinski definition) is 4. The van der Waals surface area contributed by atoms with E-state index in [4.69, 9.17) is 0 Å². The smallest absolute Gasteiger partial charge is 0.137 e. The van der Waals surface area contributed by atoms with E-state index in [0.717, 1.165) is 0 Å². The summed E-state index contributed by atoms with van der Waals surface area (Å²) >= 11 is 0. The van der Waals surface area contributed by atoms with Crippen LogP contribution < -0.4 is 5.32 Å². The van der Waals surface area contributed by atoms with Crippen LogP contribution in [0.3, 0.4) is 0 Å². The van der Waals surface area contributed by atoms with E-state index in [0.29, 0.717) is 16.7 Å². The molecule has 0 aliphatic rings. The Morgan fingerprint density at radius 3 is 2.73 bits per heavy atom. The fourth-order valence-corrected chi connectivity index (χ4v) is 2.22. The molecule has 4 nitrogen and oxygen atoms in total. The van der Waals surface area contributed by atoms with Gasteiger partial charge in [0.1, 0.15) is 23.8 Å². The third-order valence-electron chi connectivity index (χ3n) is 3.32. The highest BCUT2D eigenvalue weighted by molar-refractivity contribution is 5.88. The summed E-state index contributed by atoms with van der Waals surface area (Å²) in [6.07, 6.45) is 0.303. The van der Waals surface area contributed by atoms with Crippen LogP contribution in [-0.4, -0.2) is 21.6 Å². The van der Waals surface area contributed by atoms with E-state index in [1.165, 1.54) is 30.6 Å². The maximum Gasteiger partial charge on any atom is 0.137 e. The van der Waals surface area contributed by atoms with Crippen LogP contribution in [0.2, 0.25) is 0 Å². The average molecular weight is 301 g/mol. The van der Waals surface area contributed by atoms with E-state index >= 15 is 0 Å². The number of nitrogens with one attached hydrogen (secondary N) is 1. The SMILES string of the molecule is OC(CNc1ncnc2ccc(F)cc12)c1ccccc1F. The zero-order valence-corrected chi connectivity index (χ0v) is 11.5. The molecular formula is C16H13F2N3O. The van der Waals surface area contributed by atoms with E-state index in [1.807, 2.05) is 0 Å². The van der Waals surface area contributed by atoms with Crippen LogP contribution in [0.15, 0.2) is 48.8 Å². The van der Waals surface area contributed by atoms with Crippen molar-refractivity contribution in [1.82, 2.24) is 9.97 Å². The number of hydrogen-bond donors (Lipinski definition) is 2. The fraction of sp³-hybridized carbons (Fsp3) is 0.125. The van der Waals surface area contributed by atoms with Crippen molar-refractivity contribution in [2.75, 3.05) is 11.9 Å². The Morgan fingerprint density at radius 2 is 1.91 bits per heavy atom. The number of aliphatic hydroxyl groups excluding tert-OH is 1. The molecule has 112 valence electrons. The second-order valence-corrected chi connectivity index (χ2v) is 4.80. The molecule has 1 aromatic heterocycles. The first kappa shape index (κ1) is 14.3. The highest BCUT2D eigenvalue weighted by atomic mass is 19.1. The predicted molar refractivity (Wildman–Crippen MR) is 79.3 cm³/mol. The molecule has 0 radical (unpaired) electrons. The van der Waals surface area contributed by atoms with Gasteiger partial charge in [-0.3, -0.25) is 0 Å². The Hall–Kier alpha value is -2.60. The third-order valence-corrected chi connectivity index (χ3v) is 3.32. The number of halogens is 2. The molecule has 0 aliphatic carbocycles. The van der Waals surface area contributed by atoms with Gasteiger partial charge in [-0.15, -0.1) is 0 Å². The van der Waals surface area contributed by atoms with Crippen LogP contribution in [0.1, 0.15) is 11.7 Å². The largest absolute Gasteiger partial charge is 0.386 e. The topological polar surface area (TPSA) is 58.0 Å². The summed E-state index contributed by atoms with van der Waals surface area (Å²) in [7, 11) is 0. The standard InChI is InChI=1S/C16H13F2N3O/c17-10-5-6-14-12(7-10)16(21-9-20-14)19-8-15(22)11-3-1-2-4-13(11)18/h1-7,9,15,22H,8H2,(H,19,20,21). The monoisotopic (exact) mass is 301 g/mol. The van der Waals surface area contributed by atoms with Gasteiger partial charge in [0.05, 0.1) is 11.6 Å². The predicted octanol–water partition coefficient (Wildman–Crippen LogP) is 3.05. The molecule has 0 saturated carbocycles. The number of fused-ring (bicyclic) bond motifs is 1. The maximum absolute atomic E-state index is 13.6. The number of nitrogens with zero attached hydrogens (tertiary/aromatic N) is 2. The summed E-state index contributed by atoms with van der Waals surface area (Å²) in [4.78, 5) is 8.08. The molecule has 1 unspecified atom stereocenters. The van der Waals surface area contributed by atoms with Gasteiger partial charge in [0, 0.05) is 17.5 Å². The lowest BCUT2D eigenvalue weighted by Crippen LogP contribution is -2.14. The molecule has 1 atom stereocenters. The molecule has 1 heterocycles. The number of benzene rings is 2. The number of rotatable bonds is 4. The molecule has 0 amide bonds. The molecule has 2 aromatic carbocycles. The van der Waals surface area contributed by atoms with Crippen molar-refractivity contribution in [3.63, 3.8) is 0 Å². The second kappa shape index (κ2) is 6.03. The highest BCUT2D eigenvalue weighted by Crippen LogP contribution is 2.22. The molecule has 0 saturated heterocycles. The van der Waals surface area contributed by atoms with Gasteiger partial charge in [-0.1, -0.05) is 18.2 Å². The van der Waals surface area contributed by atoms with Gasteiger partial charge < -0.3 is 10.4 Å². The second-order valence-electron chi connectivity index (χ2n) is 4.80. The van der Waals surface area contributed by atoms with Crippen molar-refractivity contribution in [2.45, 2.75) is 6.10 Å². The zero-order valence-electron chi connectivity index (χ0n) is 11.5. The molecule has 0 fully saturated rings. The van der Waals surface area contributed by atoms with Gasteiger partial charge >= 0.3 is 0 Å². The van der Waals surface area contributed by atoms with Crippen molar-refractivity contribution in [1.29, 1.82) is 0 Å². The summed E-state index contributed by atoms with van der Waals surface area (Å²) in [6, 6.07) is 10.2. The third kappa shape index (κ3) is 2.87. The summed E-state index contributed by atoms with van der Waals surface area (Å²) < 4.78 is 27.0. The Kier molecular flexibility index (Phi) is 3.93. The lowest BCUT2D eigenvalue weighted by Gasteiger charge is -2.14. The molecule has 3 aromatic rings. The van der Waals surface area contributed by atoms with Crippen molar-refractivity contribution in [2.24, 2.45) is 0 Å². The Labute approximate surface area is 125 Å². The summed E-state index contributed by atoms with van der Waals surface area (Å²) in [5.74, 6) is -0.490. The highest BCUT2D eigenvalue weighted by Gasteiger charge is 2.13. The van der Waals surface area contributed by atoms with Crippen LogP contribution in [0.4, 0.5) is 14.6 Å². The lowest BCUT2D eigenvalue weighted by atomic mass is 10.1. The van der Waals surface area contributed by atoms with Gasteiger partial charge in [0.2, 0.25) is 0 Å². The number of aromatic nitrogens is 2. The molecule has 3 rings (SSSR count). The van der Waals surface area contributed by atoms with Gasteiger partial charge in [0.25, 0.3) is 0 Å². The Morgan fingerprint density at radius 1 is 1.09 bits per heavy atom. The van der Waals surface area contributed by atoms with Crippen LogP contribution in [-0.2, 0) is 0 Å². The number of aliphatic hydroxyl groups is 1. The Bertz CT molecular complexity index is 810. The minimum Gasteiger partial charge on any atom is -0.386 e. The minimum absolute atomic E-state index is 0.0452. The van der Waals surface area contributed by atoms with Crippen LogP contribution in [0.25, 0.3) is 10.9 Å². The summed E-state index contributed by atoms with van der Waals surface area (Å²) in [5.41, 5.74) is 0.777. The molecular weight excluding hydrogens is 288 g/mol. The molecule has 0 bridgehead atoms. The molecule has 2 N–H and O–H groups in total. The zero-order chi connectivity index (χ0) is 15.5. The molecule has 22 heavy (non-hydrogen) atoms. The maximum atomic E-state index is 13.6. The van der Waals surface area contributed by atoms with Crippen LogP contribution >= 0.6 is 0 Å². The van der Waals surface area contributed by atoms with Crippen LogP contribution in [0, 0.1) is 11.6 Å². The van der Waals surface area contributed by atoms with Crippen LogP contribution in [0.5, 0.6) is 0 Å². The van der Waals surface area contributed by atoms with Crippen molar-refractivity contribution in [3.8, 4) is 0 Å². The van der Waals surface area contributed by atoms with E-state index in [9.17, 15) is 13.9 Å². The van der Waals surface area contributed by atoms with E-state index in [1.54, 1.807) is 18.2 Å². The lowest BCUT2D eigenvalue weighted by molar-refractivity contribution is 0.186. The molecule has 0 aliphatic heterocycles. The number of anilines is 1. The summed E-state index contributed by atoms with van der Waals surface area (Å²) in [5, 5.41) is 13.5. The molecule has 0 spiro atoms. The quantitative estimate of drug-likeness (QED) is 0.777. The van der Waals surface area contributed by atoms with Crippen molar-refractivity contribution in [3.05, 3.63) is 66.0 Å². The molecule has 6 heteroatoms. The normalized spacial score (nSPS) is 12.3. The van der Waals surface area contributed by atoms with E-state index < -0.39 is 17.7 Å². The first-order chi connectivity index (χ1) is 10.6. The van der Waals surface area contributed by atoms with E-state index in [2.05, 4.69) is 15.3 Å². The van der Waals surface area contributed by atoms with Crippen molar-refractivity contribution >= 4 is 16.7 Å². The van der Waals surface area contributed by atoms with Gasteiger partial charge in [-0.05, 0) is 24.3 Å². The average Bonchev–Trinajstić information content (AvgIpc) is 2.53. The first-order valence-electron chi connectivity index (χ1n) is 6.72. The fourth-order valence-electron chi connectivity index (χ4n) is 2.22. The summed E-state index contributed by atoms with van der Waals surface area (Å²) in [6.45, 7) is 0.0452. The Balaban J connectivity index is 1.82.